The third kappa shape index (κ3) is 5.23. The molecular formula is C19H26N6O4. The molecule has 29 heavy (non-hydrogen) atoms. The van der Waals surface area contributed by atoms with Crippen molar-refractivity contribution in [3.05, 3.63) is 29.7 Å². The highest BCUT2D eigenvalue weighted by atomic mass is 16.7. The van der Waals surface area contributed by atoms with Crippen molar-refractivity contribution in [2.45, 2.75) is 33.8 Å². The van der Waals surface area contributed by atoms with Crippen LogP contribution in [0.4, 0.5) is 10.6 Å². The van der Waals surface area contributed by atoms with Crippen LogP contribution in [0.1, 0.15) is 25.1 Å². The van der Waals surface area contributed by atoms with Crippen molar-refractivity contribution in [2.75, 3.05) is 31.9 Å². The molecule has 10 nitrogen and oxygen atoms in total. The summed E-state index contributed by atoms with van der Waals surface area (Å²) in [7, 11) is 0. The van der Waals surface area contributed by atoms with Crippen LogP contribution >= 0.6 is 0 Å². The van der Waals surface area contributed by atoms with E-state index in [1.165, 1.54) is 6.33 Å². The first-order valence-corrected chi connectivity index (χ1v) is 9.44. The van der Waals surface area contributed by atoms with Crippen LogP contribution in [0.25, 0.3) is 0 Å². The minimum absolute atomic E-state index is 0.140. The Morgan fingerprint density at radius 3 is 2.45 bits per heavy atom. The second-order valence-corrected chi connectivity index (χ2v) is 6.97. The zero-order chi connectivity index (χ0) is 21.0. The van der Waals surface area contributed by atoms with Gasteiger partial charge in [-0.1, -0.05) is 0 Å². The Morgan fingerprint density at radius 2 is 1.79 bits per heavy atom. The fourth-order valence-electron chi connectivity index (χ4n) is 2.75. The molecule has 10 heteroatoms. The molecule has 1 fully saturated rings. The van der Waals surface area contributed by atoms with Crippen LogP contribution in [0, 0.1) is 13.8 Å². The summed E-state index contributed by atoms with van der Waals surface area (Å²) in [4.78, 5) is 32.1. The van der Waals surface area contributed by atoms with E-state index in [1.807, 2.05) is 27.7 Å². The number of ether oxygens (including phenoxy) is 2. The standard InChI is InChI=1S/C19H26N6O4/c1-12(2)27-19(26)24-7-9-25(10-8-24)29-18-13(3)17(21-11-22-18)28-15-5-6-16(20)23-14(15)4/h5-6,11-12H,7-10H2,1-4H3,(H2,20,23). The molecule has 2 aromatic rings. The van der Waals surface area contributed by atoms with E-state index >= 15 is 0 Å². The summed E-state index contributed by atoms with van der Waals surface area (Å²) < 4.78 is 11.1. The van der Waals surface area contributed by atoms with Crippen LogP contribution in [0.3, 0.4) is 0 Å². The zero-order valence-corrected chi connectivity index (χ0v) is 17.1. The quantitative estimate of drug-likeness (QED) is 0.804. The van der Waals surface area contributed by atoms with Crippen LogP contribution in [-0.2, 0) is 4.74 Å². The summed E-state index contributed by atoms with van der Waals surface area (Å²) in [5, 5.41) is 1.76. The van der Waals surface area contributed by atoms with Gasteiger partial charge in [0.25, 0.3) is 0 Å². The summed E-state index contributed by atoms with van der Waals surface area (Å²) in [6.07, 6.45) is 0.938. The molecule has 0 aromatic carbocycles. The lowest BCUT2D eigenvalue weighted by Gasteiger charge is -2.33. The predicted molar refractivity (Wildman–Crippen MR) is 106 cm³/mol. The van der Waals surface area contributed by atoms with Crippen LogP contribution < -0.4 is 15.3 Å². The average molecular weight is 402 g/mol. The maximum atomic E-state index is 12.0. The van der Waals surface area contributed by atoms with Gasteiger partial charge in [0.15, 0.2) is 5.75 Å². The SMILES string of the molecule is Cc1nc(N)ccc1Oc1ncnc(ON2CCN(C(=O)OC(C)C)CC2)c1C. The van der Waals surface area contributed by atoms with Gasteiger partial charge >= 0.3 is 6.09 Å². The highest BCUT2D eigenvalue weighted by Crippen LogP contribution is 2.29. The van der Waals surface area contributed by atoms with Crippen molar-refractivity contribution in [2.24, 2.45) is 0 Å². The van der Waals surface area contributed by atoms with Gasteiger partial charge in [-0.2, -0.15) is 4.98 Å². The van der Waals surface area contributed by atoms with Crippen molar-refractivity contribution in [3.63, 3.8) is 0 Å². The molecule has 2 N–H and O–H groups in total. The number of aromatic nitrogens is 3. The third-order valence-corrected chi connectivity index (χ3v) is 4.31. The molecule has 1 aliphatic heterocycles. The molecule has 1 saturated heterocycles. The van der Waals surface area contributed by atoms with Gasteiger partial charge in [-0.05, 0) is 39.8 Å². The molecule has 0 bridgehead atoms. The lowest BCUT2D eigenvalue weighted by atomic mass is 10.3. The Morgan fingerprint density at radius 1 is 1.10 bits per heavy atom. The minimum atomic E-state index is -0.305. The number of hydrogen-bond donors (Lipinski definition) is 1. The highest BCUT2D eigenvalue weighted by Gasteiger charge is 2.25. The zero-order valence-electron chi connectivity index (χ0n) is 17.1. The van der Waals surface area contributed by atoms with Gasteiger partial charge in [-0.25, -0.2) is 14.8 Å². The van der Waals surface area contributed by atoms with E-state index in [1.54, 1.807) is 22.1 Å². The Bertz CT molecular complexity index is 868. The maximum Gasteiger partial charge on any atom is 0.410 e. The number of hydrogen-bond acceptors (Lipinski definition) is 9. The van der Waals surface area contributed by atoms with Crippen molar-refractivity contribution in [1.29, 1.82) is 0 Å². The molecule has 156 valence electrons. The predicted octanol–water partition coefficient (Wildman–Crippen LogP) is 2.32. The Labute approximate surface area is 169 Å². The Balaban J connectivity index is 1.62. The lowest BCUT2D eigenvalue weighted by molar-refractivity contribution is -0.0904. The first kappa shape index (κ1) is 20.6. The number of nitrogens with two attached hydrogens (primary N) is 1. The van der Waals surface area contributed by atoms with Gasteiger partial charge < -0.3 is 24.9 Å². The number of nitrogen functional groups attached to an aromatic ring is 1. The van der Waals surface area contributed by atoms with Crippen molar-refractivity contribution < 1.29 is 19.1 Å². The van der Waals surface area contributed by atoms with Crippen LogP contribution in [0.5, 0.6) is 17.5 Å². The summed E-state index contributed by atoms with van der Waals surface area (Å²) >= 11 is 0. The number of amides is 1. The first-order valence-electron chi connectivity index (χ1n) is 9.44. The van der Waals surface area contributed by atoms with Gasteiger partial charge in [0.05, 0.1) is 30.5 Å². The molecule has 1 aliphatic rings. The number of piperazine rings is 1. The summed E-state index contributed by atoms with van der Waals surface area (Å²) in [6.45, 7) is 9.38. The van der Waals surface area contributed by atoms with Gasteiger partial charge in [0.1, 0.15) is 12.1 Å². The van der Waals surface area contributed by atoms with Crippen molar-refractivity contribution in [1.82, 2.24) is 24.9 Å². The maximum absolute atomic E-state index is 12.0. The highest BCUT2D eigenvalue weighted by molar-refractivity contribution is 5.67. The van der Waals surface area contributed by atoms with E-state index in [4.69, 9.17) is 20.0 Å². The van der Waals surface area contributed by atoms with E-state index in [0.29, 0.717) is 60.8 Å². The summed E-state index contributed by atoms with van der Waals surface area (Å²) in [6, 6.07) is 3.41. The average Bonchev–Trinajstić information content (AvgIpc) is 2.67. The topological polar surface area (TPSA) is 116 Å². The van der Waals surface area contributed by atoms with Crippen LogP contribution in [0.2, 0.25) is 0 Å². The second kappa shape index (κ2) is 8.91. The second-order valence-electron chi connectivity index (χ2n) is 6.97. The smallest absolute Gasteiger partial charge is 0.410 e. The summed E-state index contributed by atoms with van der Waals surface area (Å²) in [5.41, 5.74) is 7.00. The molecule has 0 aliphatic carbocycles. The number of rotatable bonds is 5. The number of anilines is 1. The van der Waals surface area contributed by atoms with Gasteiger partial charge in [0.2, 0.25) is 11.8 Å². The van der Waals surface area contributed by atoms with E-state index in [2.05, 4.69) is 15.0 Å². The van der Waals surface area contributed by atoms with E-state index in [0.717, 1.165) is 0 Å². The Kier molecular flexibility index (Phi) is 6.32. The first-order chi connectivity index (χ1) is 13.8. The molecule has 0 saturated carbocycles. The monoisotopic (exact) mass is 402 g/mol. The van der Waals surface area contributed by atoms with E-state index < -0.39 is 0 Å². The summed E-state index contributed by atoms with van der Waals surface area (Å²) in [5.74, 6) is 1.76. The van der Waals surface area contributed by atoms with Crippen LogP contribution in [-0.4, -0.2) is 63.3 Å². The van der Waals surface area contributed by atoms with Crippen molar-refractivity contribution >= 4 is 11.9 Å². The van der Waals surface area contributed by atoms with E-state index in [-0.39, 0.29) is 12.2 Å². The molecule has 3 rings (SSSR count). The largest absolute Gasteiger partial charge is 0.447 e. The van der Waals surface area contributed by atoms with Gasteiger partial charge in [-0.3, -0.25) is 0 Å². The molecular weight excluding hydrogens is 376 g/mol. The number of hydroxylamine groups is 2. The Hall–Kier alpha value is -3.14. The van der Waals surface area contributed by atoms with Crippen LogP contribution in [0.15, 0.2) is 18.5 Å². The number of aryl methyl sites for hydroxylation is 1. The fourth-order valence-corrected chi connectivity index (χ4v) is 2.75. The fraction of sp³-hybridized carbons (Fsp3) is 0.474. The molecule has 0 spiro atoms. The van der Waals surface area contributed by atoms with E-state index in [9.17, 15) is 4.79 Å². The number of pyridine rings is 1. The lowest BCUT2D eigenvalue weighted by Crippen LogP contribution is -2.50. The molecule has 3 heterocycles. The van der Waals surface area contributed by atoms with Crippen molar-refractivity contribution in [3.8, 4) is 17.5 Å². The molecule has 1 amide bonds. The number of nitrogens with zero attached hydrogens (tertiary/aromatic N) is 5. The number of carbonyl (C=O) groups excluding carboxylic acids is 1. The molecule has 0 atom stereocenters. The van der Waals surface area contributed by atoms with Gasteiger partial charge in [0, 0.05) is 13.1 Å². The molecule has 2 aromatic heterocycles. The normalized spacial score (nSPS) is 14.7. The third-order valence-electron chi connectivity index (χ3n) is 4.31. The molecule has 0 radical (unpaired) electrons. The minimum Gasteiger partial charge on any atom is -0.447 e. The molecule has 0 unspecified atom stereocenters. The van der Waals surface area contributed by atoms with Gasteiger partial charge in [-0.15, -0.1) is 5.06 Å². The number of carbonyl (C=O) groups is 1.